The third-order valence-corrected chi connectivity index (χ3v) is 7.04. The molecule has 1 saturated heterocycles. The summed E-state index contributed by atoms with van der Waals surface area (Å²) in [5.74, 6) is 1.15. The lowest BCUT2D eigenvalue weighted by atomic mass is 10.0. The van der Waals surface area contributed by atoms with Crippen LogP contribution in [0.4, 0.5) is 18.9 Å². The molecule has 0 unspecified atom stereocenters. The van der Waals surface area contributed by atoms with Gasteiger partial charge in [-0.25, -0.2) is 9.67 Å². The maximum Gasteiger partial charge on any atom is 0.573 e. The molecule has 11 heteroatoms. The van der Waals surface area contributed by atoms with Crippen LogP contribution in [0.15, 0.2) is 83.3 Å². The number of aromatic nitrogens is 3. The number of anilines is 1. The summed E-state index contributed by atoms with van der Waals surface area (Å²) in [6.45, 7) is 5.19. The fraction of sp³-hybridized carbons (Fsp3) is 0.214. The zero-order chi connectivity index (χ0) is 27.4. The first-order valence-electron chi connectivity index (χ1n) is 12.3. The van der Waals surface area contributed by atoms with Crippen molar-refractivity contribution >= 4 is 28.8 Å². The maximum absolute atomic E-state index is 12.4. The maximum atomic E-state index is 12.4. The Morgan fingerprint density at radius 3 is 2.54 bits per heavy atom. The lowest BCUT2D eigenvalue weighted by molar-refractivity contribution is -0.274. The van der Waals surface area contributed by atoms with Crippen molar-refractivity contribution in [2.45, 2.75) is 26.6 Å². The van der Waals surface area contributed by atoms with Crippen LogP contribution in [0.5, 0.6) is 5.75 Å². The quantitative estimate of drug-likeness (QED) is 0.190. The second kappa shape index (κ2) is 11.3. The molecule has 3 aromatic carbocycles. The van der Waals surface area contributed by atoms with Gasteiger partial charge in [0.25, 0.3) is 0 Å². The van der Waals surface area contributed by atoms with Gasteiger partial charge in [-0.2, -0.15) is 5.10 Å². The summed E-state index contributed by atoms with van der Waals surface area (Å²) in [7, 11) is 0. The summed E-state index contributed by atoms with van der Waals surface area (Å²) in [5.41, 5.74) is 5.98. The highest BCUT2D eigenvalue weighted by Gasteiger charge is 2.31. The van der Waals surface area contributed by atoms with E-state index < -0.39 is 6.36 Å². The van der Waals surface area contributed by atoms with Gasteiger partial charge < -0.3 is 9.64 Å². The Morgan fingerprint density at radius 2 is 1.82 bits per heavy atom. The molecule has 1 fully saturated rings. The van der Waals surface area contributed by atoms with E-state index in [1.165, 1.54) is 52.1 Å². The predicted octanol–water partition coefficient (Wildman–Crippen LogP) is 6.65. The lowest BCUT2D eigenvalue weighted by Crippen LogP contribution is -2.25. The van der Waals surface area contributed by atoms with Crippen LogP contribution in [0.2, 0.25) is 0 Å². The average molecular weight is 551 g/mol. The molecule has 1 aliphatic heterocycles. The summed E-state index contributed by atoms with van der Waals surface area (Å²) >= 11 is 1.70. The lowest BCUT2D eigenvalue weighted by Gasteiger charge is -2.22. The van der Waals surface area contributed by atoms with Gasteiger partial charge >= 0.3 is 6.36 Å². The minimum Gasteiger partial charge on any atom is -0.406 e. The highest BCUT2D eigenvalue weighted by Crippen LogP contribution is 2.32. The number of hydrogen-bond acceptors (Lipinski definition) is 6. The standard InChI is InChI=1S/C28H25F3N6OS/c1-3-21-6-4-5-19(2)25(21)36-15-16-39-27(36)34-33-17-20-7-9-22(10-8-20)26-32-18-37(35-26)23-11-13-24(14-12-23)38-28(29,30)31/h4-14,17-18H,3,15-16H2,1-2H3. The van der Waals surface area contributed by atoms with Crippen LogP contribution in [0.3, 0.4) is 0 Å². The number of ether oxygens (including phenoxy) is 1. The van der Waals surface area contributed by atoms with E-state index in [9.17, 15) is 13.2 Å². The van der Waals surface area contributed by atoms with Gasteiger partial charge in [0.05, 0.1) is 11.9 Å². The number of hydrogen-bond donors (Lipinski definition) is 0. The molecule has 200 valence electrons. The van der Waals surface area contributed by atoms with Gasteiger partial charge in [0, 0.05) is 23.5 Å². The Kier molecular flexibility index (Phi) is 7.69. The van der Waals surface area contributed by atoms with Gasteiger partial charge in [-0.3, -0.25) is 0 Å². The molecule has 0 aliphatic carbocycles. The predicted molar refractivity (Wildman–Crippen MR) is 149 cm³/mol. The summed E-state index contributed by atoms with van der Waals surface area (Å²) in [6.07, 6.45) is -0.564. The third-order valence-electron chi connectivity index (χ3n) is 6.09. The van der Waals surface area contributed by atoms with Gasteiger partial charge in [0.2, 0.25) is 0 Å². The van der Waals surface area contributed by atoms with Gasteiger partial charge in [0.1, 0.15) is 12.1 Å². The first kappa shape index (κ1) is 26.5. The molecule has 1 aromatic heterocycles. The molecule has 0 saturated carbocycles. The smallest absolute Gasteiger partial charge is 0.406 e. The number of nitrogens with zero attached hydrogens (tertiary/aromatic N) is 6. The Bertz CT molecular complexity index is 1500. The van der Waals surface area contributed by atoms with Gasteiger partial charge in [-0.05, 0) is 54.3 Å². The number of halogens is 3. The number of para-hydroxylation sites is 1. The molecule has 0 N–H and O–H groups in total. The molecule has 2 heterocycles. The van der Waals surface area contributed by atoms with E-state index in [0.717, 1.165) is 35.0 Å². The fourth-order valence-electron chi connectivity index (χ4n) is 4.27. The van der Waals surface area contributed by atoms with Crippen molar-refractivity contribution in [1.29, 1.82) is 0 Å². The first-order chi connectivity index (χ1) is 18.8. The van der Waals surface area contributed by atoms with E-state index >= 15 is 0 Å². The van der Waals surface area contributed by atoms with E-state index in [1.54, 1.807) is 18.0 Å². The van der Waals surface area contributed by atoms with E-state index in [4.69, 9.17) is 0 Å². The molecule has 4 aromatic rings. The van der Waals surface area contributed by atoms with E-state index in [-0.39, 0.29) is 5.75 Å². The zero-order valence-electron chi connectivity index (χ0n) is 21.3. The Morgan fingerprint density at radius 1 is 1.05 bits per heavy atom. The second-order valence-corrected chi connectivity index (χ2v) is 9.80. The molecule has 0 spiro atoms. The van der Waals surface area contributed by atoms with Gasteiger partial charge in [-0.1, -0.05) is 61.2 Å². The van der Waals surface area contributed by atoms with Gasteiger partial charge in [0.15, 0.2) is 11.0 Å². The van der Waals surface area contributed by atoms with Crippen LogP contribution in [0.1, 0.15) is 23.6 Å². The molecule has 0 bridgehead atoms. The monoisotopic (exact) mass is 550 g/mol. The van der Waals surface area contributed by atoms with Crippen LogP contribution >= 0.6 is 11.8 Å². The number of amidine groups is 1. The van der Waals surface area contributed by atoms with Crippen LogP contribution in [0, 0.1) is 6.92 Å². The molecule has 5 rings (SSSR count). The van der Waals surface area contributed by atoms with Gasteiger partial charge in [-0.15, -0.1) is 23.4 Å². The van der Waals surface area contributed by atoms with Crippen molar-refractivity contribution in [3.05, 3.63) is 89.7 Å². The topological polar surface area (TPSA) is 67.9 Å². The summed E-state index contributed by atoms with van der Waals surface area (Å²) < 4.78 is 42.5. The SMILES string of the molecule is CCc1cccc(C)c1N1CCSC1=NN=Cc1ccc(-c2ncn(-c3ccc(OC(F)(F)F)cc3)n2)cc1. The van der Waals surface area contributed by atoms with Crippen LogP contribution in [-0.4, -0.2) is 44.8 Å². The summed E-state index contributed by atoms with van der Waals surface area (Å²) in [5, 5.41) is 14.2. The van der Waals surface area contributed by atoms with E-state index in [0.29, 0.717) is 11.5 Å². The Labute approximate surface area is 228 Å². The normalized spacial score (nSPS) is 15.0. The minimum absolute atomic E-state index is 0.297. The average Bonchev–Trinajstić information content (AvgIpc) is 3.59. The highest BCUT2D eigenvalue weighted by molar-refractivity contribution is 8.14. The summed E-state index contributed by atoms with van der Waals surface area (Å²) in [4.78, 5) is 6.57. The number of alkyl halides is 3. The fourth-order valence-corrected chi connectivity index (χ4v) is 5.17. The number of benzene rings is 3. The molecular weight excluding hydrogens is 525 g/mol. The van der Waals surface area contributed by atoms with Crippen molar-refractivity contribution in [2.24, 2.45) is 10.2 Å². The first-order valence-corrected chi connectivity index (χ1v) is 13.3. The minimum atomic E-state index is -4.73. The second-order valence-electron chi connectivity index (χ2n) is 8.74. The number of thioether (sulfide) groups is 1. The molecule has 0 radical (unpaired) electrons. The van der Waals surface area contributed by atoms with Crippen LogP contribution in [-0.2, 0) is 6.42 Å². The summed E-state index contributed by atoms with van der Waals surface area (Å²) in [6, 6.07) is 19.4. The third kappa shape index (κ3) is 6.31. The van der Waals surface area contributed by atoms with Crippen molar-refractivity contribution in [3.63, 3.8) is 0 Å². The zero-order valence-corrected chi connectivity index (χ0v) is 22.1. The van der Waals surface area contributed by atoms with Crippen molar-refractivity contribution in [1.82, 2.24) is 14.8 Å². The van der Waals surface area contributed by atoms with E-state index in [1.807, 2.05) is 24.3 Å². The van der Waals surface area contributed by atoms with Crippen molar-refractivity contribution < 1.29 is 17.9 Å². The molecule has 0 amide bonds. The van der Waals surface area contributed by atoms with Crippen LogP contribution < -0.4 is 9.64 Å². The highest BCUT2D eigenvalue weighted by atomic mass is 32.2. The molecular formula is C28H25F3N6OS. The largest absolute Gasteiger partial charge is 0.573 e. The molecule has 39 heavy (non-hydrogen) atoms. The van der Waals surface area contributed by atoms with E-state index in [2.05, 4.69) is 62.0 Å². The Hall–Kier alpha value is -4.12. The molecule has 1 aliphatic rings. The van der Waals surface area contributed by atoms with Crippen LogP contribution in [0.25, 0.3) is 17.1 Å². The van der Waals surface area contributed by atoms with Crippen molar-refractivity contribution in [3.8, 4) is 22.8 Å². The molecule has 0 atom stereocenters. The van der Waals surface area contributed by atoms with Crippen molar-refractivity contribution in [2.75, 3.05) is 17.2 Å². The number of aryl methyl sites for hydroxylation is 2. The Balaban J connectivity index is 1.26. The number of rotatable bonds is 7. The molecule has 7 nitrogen and oxygen atoms in total.